The highest BCUT2D eigenvalue weighted by Gasteiger charge is 2.64. The summed E-state index contributed by atoms with van der Waals surface area (Å²) in [5.41, 5.74) is 8.57. The van der Waals surface area contributed by atoms with E-state index in [9.17, 15) is 10.2 Å². The van der Waals surface area contributed by atoms with Gasteiger partial charge in [0.25, 0.3) is 0 Å². The molecule has 7 nitrogen and oxygen atoms in total. The normalized spacial score (nSPS) is 32.4. The fourth-order valence-electron chi connectivity index (χ4n) is 7.12. The first kappa shape index (κ1) is 21.7. The molecule has 2 aromatic carbocycles. The van der Waals surface area contributed by atoms with Crippen LogP contribution in [0, 0.1) is 11.3 Å². The summed E-state index contributed by atoms with van der Waals surface area (Å²) in [5, 5.41) is 36.7. The maximum absolute atomic E-state index is 12.4. The minimum Gasteiger partial charge on any atom is -0.508 e. The highest BCUT2D eigenvalue weighted by atomic mass is 16.3. The molecular formula is C27H35N5O2. The third kappa shape index (κ3) is 3.53. The Labute approximate surface area is 200 Å². The number of phenolic OH excluding ortho intramolecular Hbond substituents is 1. The highest BCUT2D eigenvalue weighted by Crippen LogP contribution is 2.59. The molecule has 3 fully saturated rings. The van der Waals surface area contributed by atoms with Gasteiger partial charge in [-0.1, -0.05) is 6.07 Å². The molecule has 4 atom stereocenters. The van der Waals surface area contributed by atoms with Crippen LogP contribution in [0.15, 0.2) is 42.5 Å². The Balaban J connectivity index is 1.30. The summed E-state index contributed by atoms with van der Waals surface area (Å²) in [4.78, 5) is 2.58. The Morgan fingerprint density at radius 2 is 1.85 bits per heavy atom. The lowest BCUT2D eigenvalue weighted by Crippen LogP contribution is -2.74. The van der Waals surface area contributed by atoms with Gasteiger partial charge < -0.3 is 26.6 Å². The summed E-state index contributed by atoms with van der Waals surface area (Å²) < 4.78 is 0. The fraction of sp³-hybridized carbons (Fsp3) is 0.519. The van der Waals surface area contributed by atoms with Crippen LogP contribution in [-0.2, 0) is 11.8 Å². The molecule has 6 rings (SSSR count). The van der Waals surface area contributed by atoms with Crippen LogP contribution < -0.4 is 16.4 Å². The van der Waals surface area contributed by atoms with Crippen LogP contribution >= 0.6 is 0 Å². The molecular weight excluding hydrogens is 426 g/mol. The van der Waals surface area contributed by atoms with Gasteiger partial charge >= 0.3 is 0 Å². The number of aromatic hydroxyl groups is 1. The first-order chi connectivity index (χ1) is 16.4. The van der Waals surface area contributed by atoms with Gasteiger partial charge in [-0.3, -0.25) is 10.3 Å². The van der Waals surface area contributed by atoms with Gasteiger partial charge in [-0.2, -0.15) is 0 Å². The minimum atomic E-state index is -0.769. The highest BCUT2D eigenvalue weighted by molar-refractivity contribution is 5.89. The monoisotopic (exact) mass is 461 g/mol. The third-order valence-corrected chi connectivity index (χ3v) is 8.86. The average molecular weight is 462 g/mol. The van der Waals surface area contributed by atoms with Gasteiger partial charge in [-0.05, 0) is 105 Å². The molecule has 1 heterocycles. The number of nitrogens with two attached hydrogens (primary N) is 1. The van der Waals surface area contributed by atoms with Crippen molar-refractivity contribution in [1.29, 1.82) is 5.41 Å². The Kier molecular flexibility index (Phi) is 5.04. The predicted octanol–water partition coefficient (Wildman–Crippen LogP) is 3.37. The fourth-order valence-corrected chi connectivity index (χ4v) is 7.12. The summed E-state index contributed by atoms with van der Waals surface area (Å²) in [7, 11) is 0. The molecule has 180 valence electrons. The maximum Gasteiger partial charge on any atom is 0.190 e. The van der Waals surface area contributed by atoms with E-state index in [1.165, 1.54) is 18.4 Å². The van der Waals surface area contributed by atoms with E-state index in [2.05, 4.69) is 21.6 Å². The van der Waals surface area contributed by atoms with Crippen LogP contribution in [0.5, 0.6) is 5.75 Å². The van der Waals surface area contributed by atoms with Crippen molar-refractivity contribution < 1.29 is 10.2 Å². The van der Waals surface area contributed by atoms with Crippen molar-refractivity contribution in [3.05, 3.63) is 53.6 Å². The second-order valence-electron chi connectivity index (χ2n) is 11.0. The zero-order valence-electron chi connectivity index (χ0n) is 19.6. The lowest BCUT2D eigenvalue weighted by Gasteiger charge is -2.65. The van der Waals surface area contributed by atoms with Crippen molar-refractivity contribution >= 4 is 17.3 Å². The third-order valence-electron chi connectivity index (χ3n) is 8.86. The minimum absolute atomic E-state index is 0.0758. The summed E-state index contributed by atoms with van der Waals surface area (Å²) in [6, 6.07) is 14.0. The molecule has 0 amide bonds. The molecule has 0 unspecified atom stereocenters. The zero-order valence-corrected chi connectivity index (χ0v) is 19.6. The van der Waals surface area contributed by atoms with Crippen LogP contribution in [0.2, 0.25) is 0 Å². The SMILES string of the molecule is N=C(N)Nc1ccc(N[C@@H]2CC[C@@]3(O)[C@H]4Cc5ccc(O)cc5[C@@]3(CCN4CC3CC3)C2)cc1. The topological polar surface area (TPSA) is 118 Å². The molecule has 4 aliphatic rings. The number of rotatable bonds is 5. The average Bonchev–Trinajstić information content (AvgIpc) is 3.62. The van der Waals surface area contributed by atoms with Gasteiger partial charge in [0.05, 0.1) is 5.60 Å². The van der Waals surface area contributed by atoms with E-state index in [1.54, 1.807) is 6.07 Å². The van der Waals surface area contributed by atoms with E-state index in [0.717, 1.165) is 68.0 Å². The van der Waals surface area contributed by atoms with E-state index in [1.807, 2.05) is 30.3 Å². The molecule has 3 aliphatic carbocycles. The van der Waals surface area contributed by atoms with Crippen molar-refractivity contribution in [1.82, 2.24) is 4.90 Å². The van der Waals surface area contributed by atoms with Gasteiger partial charge in [0.2, 0.25) is 0 Å². The van der Waals surface area contributed by atoms with E-state index < -0.39 is 5.60 Å². The van der Waals surface area contributed by atoms with Crippen LogP contribution in [0.1, 0.15) is 49.7 Å². The van der Waals surface area contributed by atoms with Gasteiger partial charge in [0, 0.05) is 35.4 Å². The Morgan fingerprint density at radius 1 is 1.09 bits per heavy atom. The Bertz CT molecular complexity index is 1100. The molecule has 7 heteroatoms. The predicted molar refractivity (Wildman–Crippen MR) is 134 cm³/mol. The lowest BCUT2D eigenvalue weighted by atomic mass is 9.49. The largest absolute Gasteiger partial charge is 0.508 e. The Hall–Kier alpha value is -2.77. The van der Waals surface area contributed by atoms with Crippen molar-refractivity contribution in [3.8, 4) is 5.75 Å². The molecule has 34 heavy (non-hydrogen) atoms. The molecule has 1 saturated heterocycles. The van der Waals surface area contributed by atoms with Crippen LogP contribution in [0.4, 0.5) is 11.4 Å². The number of guanidine groups is 1. The van der Waals surface area contributed by atoms with Crippen molar-refractivity contribution in [2.75, 3.05) is 23.7 Å². The van der Waals surface area contributed by atoms with Crippen molar-refractivity contribution in [2.24, 2.45) is 11.7 Å². The number of nitrogens with zero attached hydrogens (tertiary/aromatic N) is 1. The number of hydrogen-bond acceptors (Lipinski definition) is 5. The van der Waals surface area contributed by atoms with Gasteiger partial charge in [-0.25, -0.2) is 0 Å². The standard InChI is InChI=1S/C27H35N5O2/c28-25(29)31-20-6-4-19(5-7-20)30-21-9-10-27(34)24-13-18-3-8-22(33)14-23(18)26(27,15-21)11-12-32(24)16-17-1-2-17/h3-8,14,17,21,24,30,33-34H,1-2,9-13,15-16H2,(H4,28,29,31)/t21-,24-,26-,27-/m1/s1. The number of aliphatic hydroxyl groups is 1. The molecule has 0 spiro atoms. The lowest BCUT2D eigenvalue weighted by molar-refractivity contribution is -0.168. The number of anilines is 2. The zero-order chi connectivity index (χ0) is 23.5. The van der Waals surface area contributed by atoms with E-state index in [-0.39, 0.29) is 29.2 Å². The molecule has 2 bridgehead atoms. The number of hydrogen-bond donors (Lipinski definition) is 6. The number of phenols is 1. The Morgan fingerprint density at radius 3 is 2.59 bits per heavy atom. The number of fused-ring (bicyclic) bond motifs is 1. The molecule has 2 aromatic rings. The smallest absolute Gasteiger partial charge is 0.190 e. The van der Waals surface area contributed by atoms with Gasteiger partial charge in [-0.15, -0.1) is 0 Å². The van der Waals surface area contributed by atoms with E-state index >= 15 is 0 Å². The number of likely N-dealkylation sites (tertiary alicyclic amines) is 1. The summed E-state index contributed by atoms with van der Waals surface area (Å²) in [6.07, 6.45) is 6.95. The number of benzene rings is 2. The van der Waals surface area contributed by atoms with Crippen LogP contribution in [0.25, 0.3) is 0 Å². The van der Waals surface area contributed by atoms with Gasteiger partial charge in [0.15, 0.2) is 5.96 Å². The van der Waals surface area contributed by atoms with Crippen LogP contribution in [-0.4, -0.2) is 51.8 Å². The molecule has 7 N–H and O–H groups in total. The summed E-state index contributed by atoms with van der Waals surface area (Å²) in [6.45, 7) is 2.12. The second kappa shape index (κ2) is 7.89. The van der Waals surface area contributed by atoms with E-state index in [0.29, 0.717) is 0 Å². The van der Waals surface area contributed by atoms with E-state index in [4.69, 9.17) is 11.1 Å². The summed E-state index contributed by atoms with van der Waals surface area (Å²) in [5.74, 6) is 1.02. The number of nitrogens with one attached hydrogen (secondary N) is 3. The first-order valence-electron chi connectivity index (χ1n) is 12.6. The molecule has 1 aliphatic heterocycles. The second-order valence-corrected chi connectivity index (χ2v) is 11.0. The first-order valence-corrected chi connectivity index (χ1v) is 12.6. The van der Waals surface area contributed by atoms with Crippen molar-refractivity contribution in [3.63, 3.8) is 0 Å². The number of piperidine rings is 1. The van der Waals surface area contributed by atoms with Crippen LogP contribution in [0.3, 0.4) is 0 Å². The van der Waals surface area contributed by atoms with Crippen molar-refractivity contribution in [2.45, 2.75) is 68.0 Å². The molecule has 0 aromatic heterocycles. The quantitative estimate of drug-likeness (QED) is 0.300. The molecule has 0 radical (unpaired) electrons. The molecule has 2 saturated carbocycles. The van der Waals surface area contributed by atoms with Gasteiger partial charge in [0.1, 0.15) is 5.75 Å². The maximum atomic E-state index is 12.4. The summed E-state index contributed by atoms with van der Waals surface area (Å²) >= 11 is 0.